The van der Waals surface area contributed by atoms with Gasteiger partial charge >= 0.3 is 5.97 Å². The van der Waals surface area contributed by atoms with Gasteiger partial charge in [0.15, 0.2) is 0 Å². The van der Waals surface area contributed by atoms with E-state index >= 15 is 0 Å². The summed E-state index contributed by atoms with van der Waals surface area (Å²) in [5, 5.41) is 3.20. The quantitative estimate of drug-likeness (QED) is 0.418. The van der Waals surface area contributed by atoms with Crippen LogP contribution in [0.1, 0.15) is 12.8 Å². The van der Waals surface area contributed by atoms with E-state index in [-0.39, 0.29) is 10.8 Å². The van der Waals surface area contributed by atoms with E-state index in [9.17, 15) is 4.79 Å². The Labute approximate surface area is 98.5 Å². The second-order valence-electron chi connectivity index (χ2n) is 2.89. The number of carbonyl (C=O) groups excluding carboxylic acids is 1. The summed E-state index contributed by atoms with van der Waals surface area (Å²) in [6, 6.07) is 0. The molecule has 84 valence electrons. The normalized spacial score (nSPS) is 12.5. The monoisotopic (exact) mass is 283 g/mol. The summed E-state index contributed by atoms with van der Waals surface area (Å²) < 4.78 is 4.58. The number of halogens is 1. The number of methoxy groups -OCH3 is 1. The highest BCUT2D eigenvalue weighted by Crippen LogP contribution is 2.01. The van der Waals surface area contributed by atoms with Crippen molar-refractivity contribution in [2.75, 3.05) is 32.2 Å². The first-order valence-corrected chi connectivity index (χ1v) is 6.95. The third-order valence-electron chi connectivity index (χ3n) is 1.73. The molecule has 0 amide bonds. The van der Waals surface area contributed by atoms with E-state index in [0.29, 0.717) is 6.54 Å². The minimum absolute atomic E-state index is 0.221. The molecule has 3 nitrogen and oxygen atoms in total. The highest BCUT2D eigenvalue weighted by Gasteiger charge is 2.13. The molecule has 0 aromatic carbocycles. The van der Waals surface area contributed by atoms with Crippen LogP contribution in [0.3, 0.4) is 0 Å². The predicted molar refractivity (Wildman–Crippen MR) is 65.2 cm³/mol. The lowest BCUT2D eigenvalue weighted by Crippen LogP contribution is -2.30. The van der Waals surface area contributed by atoms with E-state index in [0.717, 1.165) is 13.0 Å². The first-order valence-electron chi connectivity index (χ1n) is 4.64. The molecule has 0 bridgehead atoms. The molecular formula is C9H18BrNO2S. The van der Waals surface area contributed by atoms with Crippen LogP contribution in [0.25, 0.3) is 0 Å². The summed E-state index contributed by atoms with van der Waals surface area (Å²) in [6.45, 7) is 1.59. The Morgan fingerprint density at radius 2 is 2.29 bits per heavy atom. The van der Waals surface area contributed by atoms with Crippen LogP contribution in [0, 0.1) is 0 Å². The molecule has 0 aliphatic rings. The Morgan fingerprint density at radius 1 is 1.57 bits per heavy atom. The molecule has 1 atom stereocenters. The SMILES string of the molecule is COC(=O)C(Br)CNCCCCSC. The summed E-state index contributed by atoms with van der Waals surface area (Å²) >= 11 is 5.11. The summed E-state index contributed by atoms with van der Waals surface area (Å²) in [6.07, 6.45) is 4.49. The topological polar surface area (TPSA) is 38.3 Å². The average molecular weight is 284 g/mol. The number of esters is 1. The largest absolute Gasteiger partial charge is 0.468 e. The number of ether oxygens (including phenoxy) is 1. The van der Waals surface area contributed by atoms with Gasteiger partial charge in [0.25, 0.3) is 0 Å². The van der Waals surface area contributed by atoms with Gasteiger partial charge < -0.3 is 10.1 Å². The Kier molecular flexibility index (Phi) is 9.98. The maximum Gasteiger partial charge on any atom is 0.320 e. The molecule has 0 spiro atoms. The van der Waals surface area contributed by atoms with Crippen molar-refractivity contribution in [3.05, 3.63) is 0 Å². The van der Waals surface area contributed by atoms with Crippen molar-refractivity contribution < 1.29 is 9.53 Å². The van der Waals surface area contributed by atoms with Crippen molar-refractivity contribution in [3.63, 3.8) is 0 Å². The summed E-state index contributed by atoms with van der Waals surface area (Å²) in [4.78, 5) is 10.7. The van der Waals surface area contributed by atoms with Crippen LogP contribution in [0.15, 0.2) is 0 Å². The van der Waals surface area contributed by atoms with E-state index in [1.54, 1.807) is 0 Å². The molecule has 5 heteroatoms. The van der Waals surface area contributed by atoms with E-state index < -0.39 is 0 Å². The number of hydrogen-bond acceptors (Lipinski definition) is 4. The van der Waals surface area contributed by atoms with E-state index in [4.69, 9.17) is 0 Å². The maximum absolute atomic E-state index is 11.0. The van der Waals surface area contributed by atoms with Crippen LogP contribution in [-0.4, -0.2) is 43.0 Å². The molecule has 0 saturated heterocycles. The fourth-order valence-corrected chi connectivity index (χ4v) is 1.85. The molecule has 0 heterocycles. The van der Waals surface area contributed by atoms with Crippen LogP contribution in [0.2, 0.25) is 0 Å². The Morgan fingerprint density at radius 3 is 2.86 bits per heavy atom. The van der Waals surface area contributed by atoms with Gasteiger partial charge in [-0.2, -0.15) is 11.8 Å². The number of thioether (sulfide) groups is 1. The van der Waals surface area contributed by atoms with E-state index in [1.807, 2.05) is 11.8 Å². The average Bonchev–Trinajstić information content (AvgIpc) is 2.21. The third kappa shape index (κ3) is 7.64. The first-order chi connectivity index (χ1) is 6.72. The molecule has 0 aliphatic carbocycles. The minimum atomic E-state index is -0.229. The van der Waals surface area contributed by atoms with Gasteiger partial charge in [-0.3, -0.25) is 4.79 Å². The summed E-state index contributed by atoms with van der Waals surface area (Å²) in [5.41, 5.74) is 0. The second kappa shape index (κ2) is 9.80. The number of nitrogens with one attached hydrogen (secondary N) is 1. The second-order valence-corrected chi connectivity index (χ2v) is 4.99. The molecule has 0 radical (unpaired) electrons. The zero-order chi connectivity index (χ0) is 10.8. The van der Waals surface area contributed by atoms with Gasteiger partial charge in [-0.05, 0) is 31.4 Å². The molecule has 0 aromatic rings. The molecule has 14 heavy (non-hydrogen) atoms. The number of rotatable bonds is 8. The zero-order valence-corrected chi connectivity index (χ0v) is 11.1. The lowest BCUT2D eigenvalue weighted by molar-refractivity contribution is -0.139. The lowest BCUT2D eigenvalue weighted by Gasteiger charge is -2.08. The van der Waals surface area contributed by atoms with Gasteiger partial charge in [0.2, 0.25) is 0 Å². The van der Waals surface area contributed by atoms with Gasteiger partial charge in [-0.1, -0.05) is 15.9 Å². The van der Waals surface area contributed by atoms with Crippen LogP contribution in [-0.2, 0) is 9.53 Å². The van der Waals surface area contributed by atoms with Gasteiger partial charge in [-0.25, -0.2) is 0 Å². The van der Waals surface area contributed by atoms with Crippen LogP contribution in [0.5, 0.6) is 0 Å². The molecule has 0 saturated carbocycles. The Bertz CT molecular complexity index is 158. The van der Waals surface area contributed by atoms with E-state index in [2.05, 4.69) is 32.2 Å². The molecular weight excluding hydrogens is 266 g/mol. The number of hydrogen-bond donors (Lipinski definition) is 1. The summed E-state index contributed by atoms with van der Waals surface area (Å²) in [7, 11) is 1.40. The predicted octanol–water partition coefficient (Wildman–Crippen LogP) is 1.66. The fraction of sp³-hybridized carbons (Fsp3) is 0.889. The fourth-order valence-electron chi connectivity index (χ4n) is 0.936. The van der Waals surface area contributed by atoms with E-state index in [1.165, 1.54) is 19.3 Å². The molecule has 1 N–H and O–H groups in total. The number of unbranched alkanes of at least 4 members (excludes halogenated alkanes) is 1. The highest BCUT2D eigenvalue weighted by atomic mass is 79.9. The van der Waals surface area contributed by atoms with Gasteiger partial charge in [0.05, 0.1) is 7.11 Å². The van der Waals surface area contributed by atoms with Crippen molar-refractivity contribution in [1.82, 2.24) is 5.32 Å². The standard InChI is InChI=1S/C9H18BrNO2S/c1-13-9(12)8(10)7-11-5-3-4-6-14-2/h8,11H,3-7H2,1-2H3. The minimum Gasteiger partial charge on any atom is -0.468 e. The maximum atomic E-state index is 11.0. The molecule has 0 aromatic heterocycles. The zero-order valence-electron chi connectivity index (χ0n) is 8.72. The highest BCUT2D eigenvalue weighted by molar-refractivity contribution is 9.10. The number of carbonyl (C=O) groups is 1. The first kappa shape index (κ1) is 14.3. The lowest BCUT2D eigenvalue weighted by atomic mass is 10.3. The number of alkyl halides is 1. The van der Waals surface area contributed by atoms with Crippen molar-refractivity contribution >= 4 is 33.7 Å². The van der Waals surface area contributed by atoms with Crippen LogP contribution >= 0.6 is 27.7 Å². The summed E-state index contributed by atoms with van der Waals surface area (Å²) in [5.74, 6) is 0.984. The van der Waals surface area contributed by atoms with Crippen LogP contribution in [0.4, 0.5) is 0 Å². The molecule has 1 unspecified atom stereocenters. The Balaban J connectivity index is 3.23. The van der Waals surface area contributed by atoms with Crippen molar-refractivity contribution in [1.29, 1.82) is 0 Å². The Hall–Kier alpha value is 0.260. The third-order valence-corrected chi connectivity index (χ3v) is 3.13. The van der Waals surface area contributed by atoms with Gasteiger partial charge in [0, 0.05) is 6.54 Å². The van der Waals surface area contributed by atoms with Crippen molar-refractivity contribution in [2.24, 2.45) is 0 Å². The van der Waals surface area contributed by atoms with Crippen molar-refractivity contribution in [3.8, 4) is 0 Å². The smallest absolute Gasteiger partial charge is 0.320 e. The van der Waals surface area contributed by atoms with Crippen molar-refractivity contribution in [2.45, 2.75) is 17.7 Å². The van der Waals surface area contributed by atoms with Gasteiger partial charge in [0.1, 0.15) is 4.83 Å². The van der Waals surface area contributed by atoms with Crippen LogP contribution < -0.4 is 5.32 Å². The molecule has 0 fully saturated rings. The molecule has 0 aliphatic heterocycles. The van der Waals surface area contributed by atoms with Gasteiger partial charge in [-0.15, -0.1) is 0 Å². The molecule has 0 rings (SSSR count).